The molecule has 2 aromatic heterocycles. The van der Waals surface area contributed by atoms with Gasteiger partial charge >= 0.3 is 0 Å². The molecule has 1 saturated carbocycles. The molecule has 170 valence electrons. The summed E-state index contributed by atoms with van der Waals surface area (Å²) in [6.07, 6.45) is 8.57. The third-order valence-corrected chi connectivity index (χ3v) is 6.33. The SMILES string of the molecule is C[C@@H](Oc1cc(-c2cnn(CC(C)(C)O)c2)cc2ncn(CC3CC3)c12)[C@H]1CNC(=O)C1. The molecule has 0 bridgehead atoms. The minimum atomic E-state index is -0.842. The molecule has 3 heterocycles. The van der Waals surface area contributed by atoms with Crippen LogP contribution in [0.2, 0.25) is 0 Å². The summed E-state index contributed by atoms with van der Waals surface area (Å²) in [5.41, 5.74) is 2.97. The number of fused-ring (bicyclic) bond motifs is 1. The van der Waals surface area contributed by atoms with Gasteiger partial charge in [-0.15, -0.1) is 0 Å². The van der Waals surface area contributed by atoms with Gasteiger partial charge in [0.05, 0.1) is 30.2 Å². The molecular formula is C24H31N5O3. The maximum Gasteiger partial charge on any atom is 0.220 e. The van der Waals surface area contributed by atoms with Gasteiger partial charge in [-0.25, -0.2) is 4.98 Å². The second kappa shape index (κ2) is 7.92. The molecular weight excluding hydrogens is 406 g/mol. The molecule has 32 heavy (non-hydrogen) atoms. The number of nitrogens with one attached hydrogen (secondary N) is 1. The van der Waals surface area contributed by atoms with Gasteiger partial charge < -0.3 is 19.7 Å². The molecule has 8 nitrogen and oxygen atoms in total. The molecule has 0 radical (unpaired) electrons. The van der Waals surface area contributed by atoms with Crippen LogP contribution in [0.1, 0.15) is 40.0 Å². The fourth-order valence-electron chi connectivity index (χ4n) is 4.39. The van der Waals surface area contributed by atoms with Gasteiger partial charge in [0.2, 0.25) is 5.91 Å². The second-order valence-corrected chi connectivity index (χ2v) is 10.0. The van der Waals surface area contributed by atoms with Crippen LogP contribution in [-0.4, -0.2) is 48.6 Å². The summed E-state index contributed by atoms with van der Waals surface area (Å²) >= 11 is 0. The normalized spacial score (nSPS) is 20.0. The van der Waals surface area contributed by atoms with Crippen molar-refractivity contribution in [3.05, 3.63) is 30.9 Å². The molecule has 1 amide bonds. The largest absolute Gasteiger partial charge is 0.488 e. The minimum absolute atomic E-state index is 0.0855. The number of carbonyl (C=O) groups excluding carboxylic acids is 1. The van der Waals surface area contributed by atoms with Crippen LogP contribution in [0.3, 0.4) is 0 Å². The molecule has 3 aromatic rings. The van der Waals surface area contributed by atoms with E-state index in [9.17, 15) is 9.90 Å². The quantitative estimate of drug-likeness (QED) is 0.565. The van der Waals surface area contributed by atoms with E-state index in [0.29, 0.717) is 25.4 Å². The van der Waals surface area contributed by atoms with Crippen molar-refractivity contribution in [3.63, 3.8) is 0 Å². The topological polar surface area (TPSA) is 94.2 Å². The lowest BCUT2D eigenvalue weighted by atomic mass is 10.0. The van der Waals surface area contributed by atoms with Crippen LogP contribution in [0.25, 0.3) is 22.2 Å². The van der Waals surface area contributed by atoms with Crippen LogP contribution in [0.15, 0.2) is 30.9 Å². The Morgan fingerprint density at radius 3 is 2.81 bits per heavy atom. The smallest absolute Gasteiger partial charge is 0.220 e. The predicted molar refractivity (Wildman–Crippen MR) is 121 cm³/mol. The fourth-order valence-corrected chi connectivity index (χ4v) is 4.39. The molecule has 0 spiro atoms. The molecule has 1 aromatic carbocycles. The van der Waals surface area contributed by atoms with E-state index in [0.717, 1.165) is 34.5 Å². The van der Waals surface area contributed by atoms with Gasteiger partial charge in [0.15, 0.2) is 0 Å². The molecule has 2 N–H and O–H groups in total. The lowest BCUT2D eigenvalue weighted by Crippen LogP contribution is -2.26. The molecule has 1 saturated heterocycles. The molecule has 1 aliphatic heterocycles. The van der Waals surface area contributed by atoms with Crippen LogP contribution in [0.5, 0.6) is 5.75 Å². The van der Waals surface area contributed by atoms with E-state index in [1.54, 1.807) is 24.7 Å². The zero-order valence-electron chi connectivity index (χ0n) is 18.9. The maximum atomic E-state index is 11.7. The Kier molecular flexibility index (Phi) is 5.20. The number of aromatic nitrogens is 4. The van der Waals surface area contributed by atoms with E-state index in [1.807, 2.05) is 19.4 Å². The summed E-state index contributed by atoms with van der Waals surface area (Å²) in [6, 6.07) is 4.13. The summed E-state index contributed by atoms with van der Waals surface area (Å²) < 4.78 is 10.4. The van der Waals surface area contributed by atoms with Crippen molar-refractivity contribution in [1.82, 2.24) is 24.6 Å². The third kappa shape index (κ3) is 4.50. The molecule has 5 rings (SSSR count). The Hall–Kier alpha value is -2.87. The van der Waals surface area contributed by atoms with Gasteiger partial charge in [-0.2, -0.15) is 5.10 Å². The number of hydrogen-bond acceptors (Lipinski definition) is 5. The predicted octanol–water partition coefficient (Wildman–Crippen LogP) is 2.98. The number of amides is 1. The minimum Gasteiger partial charge on any atom is -0.488 e. The lowest BCUT2D eigenvalue weighted by Gasteiger charge is -2.21. The highest BCUT2D eigenvalue weighted by molar-refractivity contribution is 5.88. The summed E-state index contributed by atoms with van der Waals surface area (Å²) in [5, 5.41) is 17.4. The Labute approximate surface area is 187 Å². The van der Waals surface area contributed by atoms with Crippen LogP contribution in [0, 0.1) is 11.8 Å². The van der Waals surface area contributed by atoms with E-state index in [2.05, 4.69) is 32.1 Å². The Morgan fingerprint density at radius 1 is 1.31 bits per heavy atom. The number of hydrogen-bond donors (Lipinski definition) is 2. The Balaban J connectivity index is 1.50. The average Bonchev–Trinajstić information content (AvgIpc) is 3.08. The molecule has 2 atom stereocenters. The van der Waals surface area contributed by atoms with E-state index in [1.165, 1.54) is 12.8 Å². The van der Waals surface area contributed by atoms with Crippen LogP contribution < -0.4 is 10.1 Å². The van der Waals surface area contributed by atoms with Crippen molar-refractivity contribution in [1.29, 1.82) is 0 Å². The summed E-state index contributed by atoms with van der Waals surface area (Å²) in [5.74, 6) is 1.74. The van der Waals surface area contributed by atoms with Crippen molar-refractivity contribution >= 4 is 16.9 Å². The van der Waals surface area contributed by atoms with E-state index in [4.69, 9.17) is 4.74 Å². The monoisotopic (exact) mass is 437 g/mol. The van der Waals surface area contributed by atoms with Crippen LogP contribution in [-0.2, 0) is 17.9 Å². The van der Waals surface area contributed by atoms with Crippen LogP contribution >= 0.6 is 0 Å². The van der Waals surface area contributed by atoms with E-state index >= 15 is 0 Å². The van der Waals surface area contributed by atoms with Gasteiger partial charge in [0.1, 0.15) is 17.4 Å². The molecule has 2 fully saturated rings. The first-order chi connectivity index (χ1) is 15.2. The molecule has 2 aliphatic rings. The highest BCUT2D eigenvalue weighted by Crippen LogP contribution is 2.37. The summed E-state index contributed by atoms with van der Waals surface area (Å²) in [4.78, 5) is 16.4. The van der Waals surface area contributed by atoms with Gasteiger partial charge in [-0.3, -0.25) is 9.48 Å². The number of aliphatic hydroxyl groups is 1. The molecule has 0 unspecified atom stereocenters. The maximum absolute atomic E-state index is 11.7. The van der Waals surface area contributed by atoms with Gasteiger partial charge in [0, 0.05) is 37.2 Å². The van der Waals surface area contributed by atoms with Crippen molar-refractivity contribution in [2.24, 2.45) is 11.8 Å². The lowest BCUT2D eigenvalue weighted by molar-refractivity contribution is -0.119. The number of ether oxygens (including phenoxy) is 1. The number of nitrogens with zero attached hydrogens (tertiary/aromatic N) is 4. The molecule has 8 heteroatoms. The van der Waals surface area contributed by atoms with E-state index in [-0.39, 0.29) is 17.9 Å². The second-order valence-electron chi connectivity index (χ2n) is 10.0. The van der Waals surface area contributed by atoms with E-state index < -0.39 is 5.60 Å². The summed E-state index contributed by atoms with van der Waals surface area (Å²) in [7, 11) is 0. The van der Waals surface area contributed by atoms with Crippen molar-refractivity contribution < 1.29 is 14.6 Å². The van der Waals surface area contributed by atoms with Crippen molar-refractivity contribution in [2.45, 2.75) is 64.8 Å². The highest BCUT2D eigenvalue weighted by Gasteiger charge is 2.29. The van der Waals surface area contributed by atoms with Gasteiger partial charge in [-0.1, -0.05) is 0 Å². The first-order valence-corrected chi connectivity index (χ1v) is 11.4. The number of rotatable bonds is 8. The third-order valence-electron chi connectivity index (χ3n) is 6.33. The number of imidazole rings is 1. The van der Waals surface area contributed by atoms with Gasteiger partial charge in [0.25, 0.3) is 0 Å². The molecule has 1 aliphatic carbocycles. The highest BCUT2D eigenvalue weighted by atomic mass is 16.5. The van der Waals surface area contributed by atoms with Crippen molar-refractivity contribution in [3.8, 4) is 16.9 Å². The fraction of sp³-hybridized carbons (Fsp3) is 0.542. The Bertz CT molecular complexity index is 1140. The number of benzene rings is 1. The average molecular weight is 438 g/mol. The standard InChI is InChI=1S/C24H31N5O3/c1-15(18-8-22(30)25-9-18)32-21-7-17(19-10-27-29(12-19)13-24(2,3)31)6-20-23(21)28(14-26-20)11-16-4-5-16/h6-7,10,12,14-16,18,31H,4-5,8-9,11,13H2,1-3H3,(H,25,30)/t15-,18-/m1/s1. The number of carbonyl (C=O) groups is 1. The first kappa shape index (κ1) is 21.0. The first-order valence-electron chi connectivity index (χ1n) is 11.4. The summed E-state index contributed by atoms with van der Waals surface area (Å²) in [6.45, 7) is 7.58. The van der Waals surface area contributed by atoms with Crippen LogP contribution in [0.4, 0.5) is 0 Å². The zero-order valence-corrected chi connectivity index (χ0v) is 18.9. The zero-order chi connectivity index (χ0) is 22.5. The van der Waals surface area contributed by atoms with Gasteiger partial charge in [-0.05, 0) is 57.2 Å². The Morgan fingerprint density at radius 2 is 2.12 bits per heavy atom. The van der Waals surface area contributed by atoms with Crippen molar-refractivity contribution in [2.75, 3.05) is 6.54 Å².